The lowest BCUT2D eigenvalue weighted by molar-refractivity contribution is -0.131. The van der Waals surface area contributed by atoms with Gasteiger partial charge in [0.2, 0.25) is 0 Å². The number of halogens is 1. The molecule has 1 aromatic heterocycles. The van der Waals surface area contributed by atoms with Crippen molar-refractivity contribution in [3.05, 3.63) is 76.2 Å². The molecule has 8 heteroatoms. The third kappa shape index (κ3) is 5.69. The molecule has 0 aliphatic carbocycles. The second-order valence-electron chi connectivity index (χ2n) is 7.87. The molecule has 0 aliphatic heterocycles. The Morgan fingerprint density at radius 3 is 2.57 bits per heavy atom. The van der Waals surface area contributed by atoms with E-state index in [9.17, 15) is 9.90 Å². The Kier molecular flexibility index (Phi) is 8.10. The number of carboxylic acids is 1. The maximum atomic E-state index is 12.3. The zero-order valence-corrected chi connectivity index (χ0v) is 21.1. The van der Waals surface area contributed by atoms with E-state index in [1.165, 1.54) is 0 Å². The molecule has 0 amide bonds. The molecule has 35 heavy (non-hydrogen) atoms. The summed E-state index contributed by atoms with van der Waals surface area (Å²) < 4.78 is 7.94. The molecule has 0 atom stereocenters. The van der Waals surface area contributed by atoms with E-state index in [2.05, 4.69) is 17.1 Å². The van der Waals surface area contributed by atoms with Crippen LogP contribution in [-0.2, 0) is 11.3 Å². The zero-order valence-electron chi connectivity index (χ0n) is 19.6. The Balaban J connectivity index is 1.75. The molecule has 0 radical (unpaired) electrons. The molecule has 0 fully saturated rings. The number of carbonyl (C=O) groups is 1. The van der Waals surface area contributed by atoms with Gasteiger partial charge in [-0.05, 0) is 72.3 Å². The van der Waals surface area contributed by atoms with Crippen LogP contribution in [0.15, 0.2) is 70.7 Å². The fraction of sp³-hybridized carbons (Fsp3) is 0.222. The van der Waals surface area contributed by atoms with Crippen molar-refractivity contribution in [3.63, 3.8) is 0 Å². The van der Waals surface area contributed by atoms with E-state index in [0.717, 1.165) is 46.5 Å². The summed E-state index contributed by atoms with van der Waals surface area (Å²) in [4.78, 5) is 12.5. The first-order chi connectivity index (χ1) is 17.0. The maximum Gasteiger partial charge on any atom is 0.342 e. The number of aliphatic carboxylic acids is 1. The van der Waals surface area contributed by atoms with Crippen molar-refractivity contribution >= 4 is 46.2 Å². The van der Waals surface area contributed by atoms with Crippen LogP contribution < -0.4 is 4.74 Å². The molecule has 0 unspecified atom stereocenters. The second kappa shape index (κ2) is 11.4. The van der Waals surface area contributed by atoms with Gasteiger partial charge in [-0.3, -0.25) is 0 Å². The third-order valence-corrected chi connectivity index (χ3v) is 6.76. The van der Waals surface area contributed by atoms with Crippen molar-refractivity contribution in [2.75, 3.05) is 6.61 Å². The molecule has 0 aliphatic rings. The number of hydrogen-bond acceptors (Lipinski definition) is 5. The zero-order chi connectivity index (χ0) is 24.8. The number of aromatic nitrogens is 3. The monoisotopic (exact) mass is 507 g/mol. The highest BCUT2D eigenvalue weighted by Gasteiger charge is 2.19. The molecular formula is C27H26ClN3O3S. The Morgan fingerprint density at radius 1 is 1.09 bits per heavy atom. The minimum absolute atomic E-state index is 0.131. The van der Waals surface area contributed by atoms with E-state index in [0.29, 0.717) is 34.9 Å². The van der Waals surface area contributed by atoms with Crippen molar-refractivity contribution in [1.29, 1.82) is 0 Å². The van der Waals surface area contributed by atoms with Gasteiger partial charge in [-0.15, -0.1) is 10.2 Å². The second-order valence-corrected chi connectivity index (χ2v) is 9.32. The number of benzene rings is 3. The number of unbranched alkanes of at least 4 members (excludes halogenated alkanes) is 1. The molecule has 1 N–H and O–H groups in total. The average molecular weight is 508 g/mol. The fourth-order valence-corrected chi connectivity index (χ4v) is 4.70. The normalized spacial score (nSPS) is 11.7. The quantitative estimate of drug-likeness (QED) is 0.139. The van der Waals surface area contributed by atoms with Crippen LogP contribution in [0.5, 0.6) is 5.75 Å². The van der Waals surface area contributed by atoms with Gasteiger partial charge in [0.05, 0.1) is 6.61 Å². The predicted molar refractivity (Wildman–Crippen MR) is 142 cm³/mol. The van der Waals surface area contributed by atoms with Crippen LogP contribution in [0.1, 0.15) is 32.3 Å². The summed E-state index contributed by atoms with van der Waals surface area (Å²) >= 11 is 7.10. The molecular weight excluding hydrogens is 482 g/mol. The van der Waals surface area contributed by atoms with E-state index < -0.39 is 5.97 Å². The number of hydrogen-bond donors (Lipinski definition) is 1. The van der Waals surface area contributed by atoms with Gasteiger partial charge in [-0.1, -0.05) is 55.3 Å². The lowest BCUT2D eigenvalue weighted by Gasteiger charge is -2.13. The molecule has 4 rings (SSSR count). The minimum Gasteiger partial charge on any atom is -0.493 e. The first-order valence-corrected chi connectivity index (χ1v) is 12.7. The summed E-state index contributed by atoms with van der Waals surface area (Å²) in [5.41, 5.74) is 1.60. The minimum atomic E-state index is -1.04. The lowest BCUT2D eigenvalue weighted by atomic mass is 10.0. The number of thioether (sulfide) groups is 1. The van der Waals surface area contributed by atoms with Crippen LogP contribution in [0.2, 0.25) is 5.02 Å². The summed E-state index contributed by atoms with van der Waals surface area (Å²) in [6, 6.07) is 19.1. The Bertz CT molecular complexity index is 1370. The van der Waals surface area contributed by atoms with Crippen LogP contribution in [-0.4, -0.2) is 32.4 Å². The highest BCUT2D eigenvalue weighted by molar-refractivity contribution is 8.04. The van der Waals surface area contributed by atoms with Gasteiger partial charge < -0.3 is 14.4 Å². The largest absolute Gasteiger partial charge is 0.493 e. The predicted octanol–water partition coefficient (Wildman–Crippen LogP) is 7.17. The van der Waals surface area contributed by atoms with Crippen LogP contribution in [0, 0.1) is 0 Å². The SMILES string of the molecule is CCCCOc1ccc2ccccc2c1/C=C(\Sc1nnc(-c2ccc(Cl)cc2)n1CC)C(=O)O. The first-order valence-electron chi connectivity index (χ1n) is 11.5. The molecule has 0 saturated carbocycles. The number of fused-ring (bicyclic) bond motifs is 1. The first kappa shape index (κ1) is 24.8. The summed E-state index contributed by atoms with van der Waals surface area (Å²) in [7, 11) is 0. The van der Waals surface area contributed by atoms with E-state index >= 15 is 0 Å². The third-order valence-electron chi connectivity index (χ3n) is 5.51. The summed E-state index contributed by atoms with van der Waals surface area (Å²) in [6.07, 6.45) is 3.61. The Morgan fingerprint density at radius 2 is 1.86 bits per heavy atom. The van der Waals surface area contributed by atoms with Gasteiger partial charge in [0, 0.05) is 22.7 Å². The molecule has 4 aromatic rings. The van der Waals surface area contributed by atoms with E-state index in [-0.39, 0.29) is 4.91 Å². The van der Waals surface area contributed by atoms with Crippen molar-refractivity contribution < 1.29 is 14.6 Å². The number of carboxylic acid groups (broad SMARTS) is 1. The van der Waals surface area contributed by atoms with Crippen molar-refractivity contribution in [2.24, 2.45) is 0 Å². The van der Waals surface area contributed by atoms with Crippen molar-refractivity contribution in [2.45, 2.75) is 38.4 Å². The molecule has 0 spiro atoms. The topological polar surface area (TPSA) is 77.2 Å². The number of rotatable bonds is 10. The van der Waals surface area contributed by atoms with E-state index in [1.807, 2.05) is 60.0 Å². The number of ether oxygens (including phenoxy) is 1. The molecule has 0 bridgehead atoms. The lowest BCUT2D eigenvalue weighted by Crippen LogP contribution is -2.03. The van der Waals surface area contributed by atoms with Gasteiger partial charge in [-0.25, -0.2) is 4.79 Å². The van der Waals surface area contributed by atoms with Gasteiger partial charge in [-0.2, -0.15) is 0 Å². The van der Waals surface area contributed by atoms with Gasteiger partial charge in [0.25, 0.3) is 0 Å². The van der Waals surface area contributed by atoms with Crippen LogP contribution >= 0.6 is 23.4 Å². The average Bonchev–Trinajstić information content (AvgIpc) is 3.27. The van der Waals surface area contributed by atoms with E-state index in [1.54, 1.807) is 18.2 Å². The summed E-state index contributed by atoms with van der Waals surface area (Å²) in [5, 5.41) is 21.8. The van der Waals surface area contributed by atoms with Crippen molar-refractivity contribution in [1.82, 2.24) is 14.8 Å². The molecule has 3 aromatic carbocycles. The standard InChI is InChI=1S/C27H26ClN3O3S/c1-3-5-16-34-23-15-12-18-8-6-7-9-21(18)22(23)17-24(26(32)33)35-27-30-29-25(31(27)4-2)19-10-13-20(28)14-11-19/h6-15,17H,3-5,16H2,1-2H3,(H,32,33)/b24-17-. The van der Waals surface area contributed by atoms with Crippen LogP contribution in [0.25, 0.3) is 28.2 Å². The molecule has 180 valence electrons. The molecule has 0 saturated heterocycles. The van der Waals surface area contributed by atoms with E-state index in [4.69, 9.17) is 16.3 Å². The van der Waals surface area contributed by atoms with Gasteiger partial charge in [0.1, 0.15) is 10.7 Å². The maximum absolute atomic E-state index is 12.3. The summed E-state index contributed by atoms with van der Waals surface area (Å²) in [6.45, 7) is 5.23. The summed E-state index contributed by atoms with van der Waals surface area (Å²) in [5.74, 6) is 0.279. The van der Waals surface area contributed by atoms with Crippen LogP contribution in [0.3, 0.4) is 0 Å². The highest BCUT2D eigenvalue weighted by atomic mass is 35.5. The fourth-order valence-electron chi connectivity index (χ4n) is 3.70. The number of nitrogens with zero attached hydrogens (tertiary/aromatic N) is 3. The molecule has 1 heterocycles. The highest BCUT2D eigenvalue weighted by Crippen LogP contribution is 2.35. The van der Waals surface area contributed by atoms with Crippen LogP contribution in [0.4, 0.5) is 0 Å². The van der Waals surface area contributed by atoms with Gasteiger partial charge >= 0.3 is 5.97 Å². The Labute approximate surface area is 213 Å². The van der Waals surface area contributed by atoms with Crippen molar-refractivity contribution in [3.8, 4) is 17.1 Å². The van der Waals surface area contributed by atoms with Gasteiger partial charge in [0.15, 0.2) is 11.0 Å². The smallest absolute Gasteiger partial charge is 0.342 e. The Hall–Kier alpha value is -3.29. The molecule has 6 nitrogen and oxygen atoms in total.